The number of aliphatic hydroxyl groups is 6. The lowest BCUT2D eigenvalue weighted by atomic mass is 9.44. The van der Waals surface area contributed by atoms with Gasteiger partial charge in [0.15, 0.2) is 5.78 Å². The van der Waals surface area contributed by atoms with E-state index >= 15 is 0 Å². The smallest absolute Gasteiger partial charge is 0.159 e. The molecule has 17 unspecified atom stereocenters. The molecular formula is C41H68N2O8. The van der Waals surface area contributed by atoms with Crippen LogP contribution < -0.4 is 11.1 Å². The number of fused-ring (bicyclic) bond motifs is 6. The van der Waals surface area contributed by atoms with Crippen molar-refractivity contribution in [3.8, 4) is 0 Å². The van der Waals surface area contributed by atoms with Crippen LogP contribution in [0.15, 0.2) is 11.6 Å². The summed E-state index contributed by atoms with van der Waals surface area (Å²) in [5, 5.41) is 73.6. The van der Waals surface area contributed by atoms with Gasteiger partial charge in [0.1, 0.15) is 6.10 Å². The fraction of sp³-hybridized carbons (Fsp3) is 0.927. The summed E-state index contributed by atoms with van der Waals surface area (Å²) >= 11 is 0. The Bertz CT molecular complexity index is 1300. The molecule has 0 spiro atoms. The summed E-state index contributed by atoms with van der Waals surface area (Å²) in [6.07, 6.45) is 10.4. The minimum atomic E-state index is -1.61. The van der Waals surface area contributed by atoms with Crippen molar-refractivity contribution in [2.75, 3.05) is 13.2 Å². The van der Waals surface area contributed by atoms with Gasteiger partial charge in [0.2, 0.25) is 0 Å². The zero-order valence-electron chi connectivity index (χ0n) is 31.4. The molecule has 17 atom stereocenters. The van der Waals surface area contributed by atoms with Gasteiger partial charge in [-0.25, -0.2) is 0 Å². The summed E-state index contributed by atoms with van der Waals surface area (Å²) in [4.78, 5) is 14.2. The maximum Gasteiger partial charge on any atom is 0.159 e. The maximum atomic E-state index is 14.2. The molecule has 7 aliphatic rings. The van der Waals surface area contributed by atoms with Crippen LogP contribution in [0, 0.1) is 52.3 Å². The van der Waals surface area contributed by atoms with E-state index in [2.05, 4.69) is 12.2 Å². The summed E-state index contributed by atoms with van der Waals surface area (Å²) < 4.78 is 6.61. The normalized spacial score (nSPS) is 50.2. The molecule has 10 heteroatoms. The first kappa shape index (κ1) is 38.3. The molecule has 0 bridgehead atoms. The van der Waals surface area contributed by atoms with Crippen LogP contribution in [0.3, 0.4) is 0 Å². The molecule has 290 valence electrons. The molecule has 5 aliphatic carbocycles. The minimum Gasteiger partial charge on any atom is -0.396 e. The van der Waals surface area contributed by atoms with Crippen LogP contribution in [0.2, 0.25) is 0 Å². The number of aliphatic hydroxyl groups excluding tert-OH is 4. The Morgan fingerprint density at radius 3 is 2.47 bits per heavy atom. The largest absolute Gasteiger partial charge is 0.396 e. The molecule has 0 aromatic rings. The molecule has 6 fully saturated rings. The third kappa shape index (κ3) is 6.23. The van der Waals surface area contributed by atoms with Crippen LogP contribution in [-0.2, 0) is 9.53 Å². The van der Waals surface area contributed by atoms with Crippen LogP contribution in [0.4, 0.5) is 0 Å². The number of hydrogen-bond acceptors (Lipinski definition) is 10. The van der Waals surface area contributed by atoms with Crippen molar-refractivity contribution in [2.24, 2.45) is 58.0 Å². The Hall–Kier alpha value is -0.950. The second-order valence-corrected chi connectivity index (χ2v) is 18.9. The molecule has 7 rings (SSSR count). The van der Waals surface area contributed by atoms with Crippen LogP contribution in [0.25, 0.3) is 0 Å². The van der Waals surface area contributed by atoms with Crippen LogP contribution in [0.1, 0.15) is 124 Å². The summed E-state index contributed by atoms with van der Waals surface area (Å²) in [7, 11) is 0. The second-order valence-electron chi connectivity index (χ2n) is 18.9. The molecule has 10 nitrogen and oxygen atoms in total. The number of ether oxygens (including phenoxy) is 1. The number of hydrogen-bond donors (Lipinski definition) is 8. The molecule has 51 heavy (non-hydrogen) atoms. The van der Waals surface area contributed by atoms with Gasteiger partial charge in [0, 0.05) is 23.9 Å². The molecular weight excluding hydrogens is 648 g/mol. The van der Waals surface area contributed by atoms with E-state index in [0.29, 0.717) is 43.9 Å². The van der Waals surface area contributed by atoms with Crippen molar-refractivity contribution < 1.29 is 40.2 Å². The summed E-state index contributed by atoms with van der Waals surface area (Å²) in [5.41, 5.74) is 2.46. The summed E-state index contributed by atoms with van der Waals surface area (Å²) in [6, 6.07) is 0. The number of nitrogens with one attached hydrogen (secondary N) is 1. The maximum absolute atomic E-state index is 14.2. The molecule has 0 amide bonds. The first-order valence-electron chi connectivity index (χ1n) is 20.7. The van der Waals surface area contributed by atoms with Gasteiger partial charge >= 0.3 is 0 Å². The molecule has 0 aromatic carbocycles. The zero-order valence-corrected chi connectivity index (χ0v) is 31.4. The van der Waals surface area contributed by atoms with Crippen molar-refractivity contribution in [3.63, 3.8) is 0 Å². The van der Waals surface area contributed by atoms with Gasteiger partial charge < -0.3 is 46.4 Å². The van der Waals surface area contributed by atoms with Crippen molar-refractivity contribution in [1.82, 2.24) is 5.32 Å². The Morgan fingerprint density at radius 1 is 1.02 bits per heavy atom. The molecule has 2 heterocycles. The van der Waals surface area contributed by atoms with E-state index in [4.69, 9.17) is 10.5 Å². The number of ketones is 1. The van der Waals surface area contributed by atoms with Crippen LogP contribution >= 0.6 is 0 Å². The summed E-state index contributed by atoms with van der Waals surface area (Å²) in [5.74, 6) is -0.146. The van der Waals surface area contributed by atoms with E-state index in [0.717, 1.165) is 69.9 Å². The highest BCUT2D eigenvalue weighted by molar-refractivity contribution is 5.95. The average molecular weight is 717 g/mol. The molecule has 2 saturated heterocycles. The van der Waals surface area contributed by atoms with Crippen LogP contribution in [0.5, 0.6) is 0 Å². The predicted molar refractivity (Wildman–Crippen MR) is 193 cm³/mol. The van der Waals surface area contributed by atoms with Crippen molar-refractivity contribution in [2.45, 2.75) is 171 Å². The zero-order chi connectivity index (χ0) is 36.5. The van der Waals surface area contributed by atoms with E-state index in [1.165, 1.54) is 6.42 Å². The van der Waals surface area contributed by atoms with Crippen LogP contribution in [-0.4, -0.2) is 97.5 Å². The number of carbonyl (C=O) groups is 1. The standard InChI is InChI=1S/C41H68N2O8/c1-4-5-23-6-9-25-26(22-44)36(51-33(25)10-7-23)37(48)39(3,49)34-14-17-41(50)28-18-30(45)29-19-31(46)32(47)20-40(29,27(28)13-15-38(34,41)2)16-12-24-8-11-35(42)43-21-24/h18,23-27,29,31-37,43-44,46-50H,4-17,19-22,42H2,1-3H3. The molecule has 4 saturated carbocycles. The monoisotopic (exact) mass is 716 g/mol. The average Bonchev–Trinajstić information content (AvgIpc) is 3.52. The minimum absolute atomic E-state index is 0.00247. The van der Waals surface area contributed by atoms with Gasteiger partial charge in [-0.3, -0.25) is 4.79 Å². The third-order valence-corrected chi connectivity index (χ3v) is 16.5. The summed E-state index contributed by atoms with van der Waals surface area (Å²) in [6.45, 7) is 6.65. The Balaban J connectivity index is 1.14. The van der Waals surface area contributed by atoms with Gasteiger partial charge in [0.05, 0.1) is 41.8 Å². The highest BCUT2D eigenvalue weighted by Crippen LogP contribution is 2.70. The number of piperidine rings is 1. The number of nitrogens with two attached hydrogens (primary N) is 1. The van der Waals surface area contributed by atoms with Crippen molar-refractivity contribution in [3.05, 3.63) is 11.6 Å². The van der Waals surface area contributed by atoms with E-state index in [-0.39, 0.29) is 48.8 Å². The van der Waals surface area contributed by atoms with Crippen molar-refractivity contribution >= 4 is 5.78 Å². The molecule has 2 aliphatic heterocycles. The van der Waals surface area contributed by atoms with E-state index in [1.807, 2.05) is 6.92 Å². The first-order valence-corrected chi connectivity index (χ1v) is 20.7. The lowest BCUT2D eigenvalue weighted by Crippen LogP contribution is -2.64. The highest BCUT2D eigenvalue weighted by Gasteiger charge is 2.70. The number of allylic oxidation sites excluding steroid dienone is 1. The third-order valence-electron chi connectivity index (χ3n) is 16.5. The van der Waals surface area contributed by atoms with E-state index < -0.39 is 58.3 Å². The lowest BCUT2D eigenvalue weighted by molar-refractivity contribution is -0.200. The van der Waals surface area contributed by atoms with Gasteiger partial charge in [-0.05, 0) is 144 Å². The predicted octanol–water partition coefficient (Wildman–Crippen LogP) is 3.33. The first-order chi connectivity index (χ1) is 24.2. The fourth-order valence-corrected chi connectivity index (χ4v) is 13.6. The second kappa shape index (κ2) is 14.3. The number of carbonyl (C=O) groups excluding carboxylic acids is 1. The molecule has 0 aromatic heterocycles. The van der Waals surface area contributed by atoms with Gasteiger partial charge in [-0.1, -0.05) is 33.1 Å². The Morgan fingerprint density at radius 2 is 1.76 bits per heavy atom. The quantitative estimate of drug-likeness (QED) is 0.176. The number of rotatable bonds is 9. The highest BCUT2D eigenvalue weighted by atomic mass is 16.5. The Kier molecular flexibility index (Phi) is 10.7. The van der Waals surface area contributed by atoms with Gasteiger partial charge in [-0.2, -0.15) is 0 Å². The fourth-order valence-electron chi connectivity index (χ4n) is 13.6. The lowest BCUT2D eigenvalue weighted by Gasteiger charge is -2.62. The topological polar surface area (TPSA) is 186 Å². The SMILES string of the molecule is CCCC1CCC2OC(C(O)C(C)(O)C3CCC4(O)C5=CC(=O)C6CC(O)C(O)CC6(CCC6CCC(N)NC6)C5CCC34C)C(CO)C2CC1. The van der Waals surface area contributed by atoms with E-state index in [1.54, 1.807) is 13.0 Å². The Labute approximate surface area is 305 Å². The van der Waals surface area contributed by atoms with E-state index in [9.17, 15) is 35.4 Å². The molecule has 0 radical (unpaired) electrons. The van der Waals surface area contributed by atoms with Gasteiger partial charge in [0.25, 0.3) is 0 Å². The van der Waals surface area contributed by atoms with Gasteiger partial charge in [-0.15, -0.1) is 0 Å². The van der Waals surface area contributed by atoms with Crippen molar-refractivity contribution in [1.29, 1.82) is 0 Å². The molecule has 9 N–H and O–H groups in total.